The van der Waals surface area contributed by atoms with Gasteiger partial charge in [-0.15, -0.1) is 12.4 Å². The maximum absolute atomic E-state index is 12.4. The van der Waals surface area contributed by atoms with E-state index in [0.29, 0.717) is 24.6 Å². The van der Waals surface area contributed by atoms with Crippen LogP contribution in [-0.2, 0) is 11.3 Å². The second-order valence-corrected chi connectivity index (χ2v) is 6.82. The van der Waals surface area contributed by atoms with Gasteiger partial charge in [-0.25, -0.2) is 0 Å². The molecule has 1 heterocycles. The van der Waals surface area contributed by atoms with E-state index in [1.54, 1.807) is 14.2 Å². The lowest BCUT2D eigenvalue weighted by molar-refractivity contribution is -0.125. The number of rotatable bonds is 7. The van der Waals surface area contributed by atoms with Crippen LogP contribution in [0.3, 0.4) is 0 Å². The molecule has 1 amide bonds. The predicted octanol–water partition coefficient (Wildman–Crippen LogP) is 1.80. The number of nitrogens with one attached hydrogen (secondary N) is 1. The highest BCUT2D eigenvalue weighted by Crippen LogP contribution is 2.30. The van der Waals surface area contributed by atoms with Crippen LogP contribution >= 0.6 is 12.4 Å². The molecule has 1 aromatic rings. The number of methoxy groups -OCH3 is 2. The van der Waals surface area contributed by atoms with Crippen LogP contribution in [0.1, 0.15) is 25.8 Å². The van der Waals surface area contributed by atoms with Crippen LogP contribution in [0.25, 0.3) is 0 Å². The van der Waals surface area contributed by atoms with Crippen LogP contribution in [-0.4, -0.2) is 50.7 Å². The summed E-state index contributed by atoms with van der Waals surface area (Å²) < 4.78 is 10.5. The fourth-order valence-electron chi connectivity index (χ4n) is 3.05. The zero-order valence-corrected chi connectivity index (χ0v) is 16.3. The summed E-state index contributed by atoms with van der Waals surface area (Å²) in [5, 5.41) is 3.00. The highest BCUT2D eigenvalue weighted by atomic mass is 35.5. The standard InChI is InChI=1S/C18H29N3O3.ClH/c1-13(21-8-7-18(2,11-19)12-21)17(22)20-10-14-5-6-15(23-3)16(9-14)24-4;/h5-6,9,13H,7-8,10-12,19H2,1-4H3,(H,20,22);1H. The number of amides is 1. The minimum Gasteiger partial charge on any atom is -0.493 e. The number of benzene rings is 1. The van der Waals surface area contributed by atoms with Crippen molar-refractivity contribution in [3.63, 3.8) is 0 Å². The summed E-state index contributed by atoms with van der Waals surface area (Å²) in [4.78, 5) is 14.6. The number of nitrogens with zero attached hydrogens (tertiary/aromatic N) is 1. The molecule has 1 fully saturated rings. The Labute approximate surface area is 156 Å². The fourth-order valence-corrected chi connectivity index (χ4v) is 3.05. The van der Waals surface area contributed by atoms with E-state index in [2.05, 4.69) is 17.1 Å². The van der Waals surface area contributed by atoms with Crippen molar-refractivity contribution in [2.45, 2.75) is 32.9 Å². The Morgan fingerprint density at radius 1 is 1.36 bits per heavy atom. The van der Waals surface area contributed by atoms with Crippen molar-refractivity contribution in [1.82, 2.24) is 10.2 Å². The Balaban J connectivity index is 0.00000312. The van der Waals surface area contributed by atoms with Crippen LogP contribution in [0.2, 0.25) is 0 Å². The number of carbonyl (C=O) groups excluding carboxylic acids is 1. The average molecular weight is 372 g/mol. The Bertz CT molecular complexity index is 585. The van der Waals surface area contributed by atoms with Crippen LogP contribution < -0.4 is 20.5 Å². The van der Waals surface area contributed by atoms with Crippen LogP contribution in [0.5, 0.6) is 11.5 Å². The van der Waals surface area contributed by atoms with Crippen LogP contribution in [0.4, 0.5) is 0 Å². The van der Waals surface area contributed by atoms with Crippen molar-refractivity contribution >= 4 is 18.3 Å². The molecule has 0 aliphatic carbocycles. The number of nitrogens with two attached hydrogens (primary N) is 1. The first-order valence-electron chi connectivity index (χ1n) is 8.35. The summed E-state index contributed by atoms with van der Waals surface area (Å²) in [5.74, 6) is 1.38. The number of ether oxygens (including phenoxy) is 2. The van der Waals surface area contributed by atoms with Crippen molar-refractivity contribution in [3.8, 4) is 11.5 Å². The molecule has 0 bridgehead atoms. The van der Waals surface area contributed by atoms with Gasteiger partial charge in [-0.2, -0.15) is 0 Å². The maximum atomic E-state index is 12.4. The third kappa shape index (κ3) is 5.23. The largest absolute Gasteiger partial charge is 0.493 e. The van der Waals surface area contributed by atoms with E-state index in [0.717, 1.165) is 25.1 Å². The smallest absolute Gasteiger partial charge is 0.237 e. The van der Waals surface area contributed by atoms with E-state index in [1.807, 2.05) is 25.1 Å². The molecule has 1 aliphatic heterocycles. The molecule has 25 heavy (non-hydrogen) atoms. The van der Waals surface area contributed by atoms with Crippen LogP contribution in [0, 0.1) is 5.41 Å². The molecule has 1 saturated heterocycles. The lowest BCUT2D eigenvalue weighted by Gasteiger charge is -2.26. The van der Waals surface area contributed by atoms with E-state index >= 15 is 0 Å². The van der Waals surface area contributed by atoms with Gasteiger partial charge in [0.25, 0.3) is 0 Å². The zero-order valence-electron chi connectivity index (χ0n) is 15.5. The number of hydrogen-bond acceptors (Lipinski definition) is 5. The topological polar surface area (TPSA) is 76.8 Å². The van der Waals surface area contributed by atoms with E-state index in [1.165, 1.54) is 0 Å². The third-order valence-corrected chi connectivity index (χ3v) is 4.92. The molecule has 2 unspecified atom stereocenters. The molecule has 142 valence electrons. The van der Waals surface area contributed by atoms with E-state index < -0.39 is 0 Å². The molecule has 0 saturated carbocycles. The third-order valence-electron chi connectivity index (χ3n) is 4.92. The van der Waals surface area contributed by atoms with Crippen molar-refractivity contribution in [2.24, 2.45) is 11.1 Å². The van der Waals surface area contributed by atoms with E-state index in [9.17, 15) is 4.79 Å². The van der Waals surface area contributed by atoms with Gasteiger partial charge < -0.3 is 20.5 Å². The summed E-state index contributed by atoms with van der Waals surface area (Å²) in [6.45, 7) is 7.04. The molecule has 6 nitrogen and oxygen atoms in total. The molecule has 1 aliphatic rings. The number of hydrogen-bond donors (Lipinski definition) is 2. The van der Waals surface area contributed by atoms with E-state index in [-0.39, 0.29) is 29.8 Å². The van der Waals surface area contributed by atoms with Crippen LogP contribution in [0.15, 0.2) is 18.2 Å². The van der Waals surface area contributed by atoms with Gasteiger partial charge in [0.2, 0.25) is 5.91 Å². The lowest BCUT2D eigenvalue weighted by atomic mass is 9.90. The number of likely N-dealkylation sites (tertiary alicyclic amines) is 1. The molecular formula is C18H30ClN3O3. The Morgan fingerprint density at radius 3 is 2.60 bits per heavy atom. The summed E-state index contributed by atoms with van der Waals surface area (Å²) in [6, 6.07) is 5.49. The van der Waals surface area contributed by atoms with Gasteiger partial charge >= 0.3 is 0 Å². The van der Waals surface area contributed by atoms with E-state index in [4.69, 9.17) is 15.2 Å². The summed E-state index contributed by atoms with van der Waals surface area (Å²) in [7, 11) is 3.20. The normalized spacial score (nSPS) is 21.3. The number of carbonyl (C=O) groups is 1. The van der Waals surface area contributed by atoms with Gasteiger partial charge in [-0.05, 0) is 49.5 Å². The second kappa shape index (κ2) is 9.27. The highest BCUT2D eigenvalue weighted by molar-refractivity contribution is 5.85. The molecule has 1 aromatic carbocycles. The SMILES string of the molecule is COc1ccc(CNC(=O)C(C)N2CCC(C)(CN)C2)cc1OC.Cl. The first-order chi connectivity index (χ1) is 11.4. The highest BCUT2D eigenvalue weighted by Gasteiger charge is 2.36. The molecule has 0 spiro atoms. The zero-order chi connectivity index (χ0) is 17.7. The quantitative estimate of drug-likeness (QED) is 0.764. The minimum atomic E-state index is -0.154. The number of halogens is 1. The molecule has 2 rings (SSSR count). The van der Waals surface area contributed by atoms with Gasteiger partial charge in [-0.1, -0.05) is 13.0 Å². The molecule has 7 heteroatoms. The summed E-state index contributed by atoms with van der Waals surface area (Å²) in [5.41, 5.74) is 6.94. The van der Waals surface area contributed by atoms with Crippen molar-refractivity contribution in [2.75, 3.05) is 33.9 Å². The lowest BCUT2D eigenvalue weighted by Crippen LogP contribution is -2.45. The molecular weight excluding hydrogens is 342 g/mol. The van der Waals surface area contributed by atoms with Gasteiger partial charge in [0.15, 0.2) is 11.5 Å². The average Bonchev–Trinajstić information content (AvgIpc) is 3.01. The van der Waals surface area contributed by atoms with Gasteiger partial charge in [-0.3, -0.25) is 9.69 Å². The van der Waals surface area contributed by atoms with Gasteiger partial charge in [0.05, 0.1) is 20.3 Å². The Kier molecular flexibility index (Phi) is 7.99. The molecule has 0 radical (unpaired) electrons. The Hall–Kier alpha value is -1.50. The van der Waals surface area contributed by atoms with Gasteiger partial charge in [0.1, 0.15) is 0 Å². The fraction of sp³-hybridized carbons (Fsp3) is 0.611. The molecule has 3 N–H and O–H groups in total. The predicted molar refractivity (Wildman–Crippen MR) is 101 cm³/mol. The molecule has 0 aromatic heterocycles. The first kappa shape index (κ1) is 21.5. The van der Waals surface area contributed by atoms with Crippen molar-refractivity contribution in [1.29, 1.82) is 0 Å². The van der Waals surface area contributed by atoms with Crippen molar-refractivity contribution < 1.29 is 14.3 Å². The van der Waals surface area contributed by atoms with Gasteiger partial charge in [0, 0.05) is 13.1 Å². The monoisotopic (exact) mass is 371 g/mol. The minimum absolute atomic E-state index is 0. The second-order valence-electron chi connectivity index (χ2n) is 6.82. The maximum Gasteiger partial charge on any atom is 0.237 e. The van der Waals surface area contributed by atoms with Crippen molar-refractivity contribution in [3.05, 3.63) is 23.8 Å². The summed E-state index contributed by atoms with van der Waals surface area (Å²) in [6.07, 6.45) is 1.04. The molecule has 2 atom stereocenters. The Morgan fingerprint density at radius 2 is 2.04 bits per heavy atom. The first-order valence-corrected chi connectivity index (χ1v) is 8.35. The summed E-state index contributed by atoms with van der Waals surface area (Å²) >= 11 is 0.